The van der Waals surface area contributed by atoms with Crippen LogP contribution in [0.4, 0.5) is 0 Å². The van der Waals surface area contributed by atoms with Crippen molar-refractivity contribution in [1.82, 2.24) is 9.80 Å². The van der Waals surface area contributed by atoms with Crippen LogP contribution in [0.2, 0.25) is 0 Å². The summed E-state index contributed by atoms with van der Waals surface area (Å²) >= 11 is 0. The van der Waals surface area contributed by atoms with Crippen molar-refractivity contribution < 1.29 is 4.79 Å². The lowest BCUT2D eigenvalue weighted by atomic mass is 10.00. The van der Waals surface area contributed by atoms with E-state index in [1.165, 1.54) is 34.7 Å². The number of hydrogen-bond donors (Lipinski definition) is 0. The Morgan fingerprint density at radius 2 is 1.69 bits per heavy atom. The first-order valence-electron chi connectivity index (χ1n) is 10.8. The minimum Gasteiger partial charge on any atom is -0.337 e. The lowest BCUT2D eigenvalue weighted by Gasteiger charge is -2.35. The highest BCUT2D eigenvalue weighted by molar-refractivity contribution is 5.90. The highest BCUT2D eigenvalue weighted by atomic mass is 16.2. The quantitative estimate of drug-likeness (QED) is 0.656. The van der Waals surface area contributed by atoms with Crippen LogP contribution in [-0.2, 0) is 17.6 Å². The van der Waals surface area contributed by atoms with E-state index >= 15 is 0 Å². The van der Waals surface area contributed by atoms with Crippen LogP contribution >= 0.6 is 0 Å². The molecule has 5 rings (SSSR count). The molecule has 0 bridgehead atoms. The summed E-state index contributed by atoms with van der Waals surface area (Å²) in [5, 5.41) is 2.38. The van der Waals surface area contributed by atoms with E-state index in [2.05, 4.69) is 71.6 Å². The maximum Gasteiger partial charge on any atom is 0.227 e. The van der Waals surface area contributed by atoms with Gasteiger partial charge in [0.15, 0.2) is 0 Å². The van der Waals surface area contributed by atoms with Crippen molar-refractivity contribution in [3.05, 3.63) is 83.4 Å². The summed E-state index contributed by atoms with van der Waals surface area (Å²) in [4.78, 5) is 18.0. The smallest absolute Gasteiger partial charge is 0.227 e. The first-order valence-corrected chi connectivity index (χ1v) is 10.8. The number of carbonyl (C=O) groups excluding carboxylic acids is 1. The molecule has 1 fully saturated rings. The van der Waals surface area contributed by atoms with Crippen LogP contribution in [0.25, 0.3) is 10.8 Å². The molecule has 3 aromatic rings. The summed E-state index contributed by atoms with van der Waals surface area (Å²) < 4.78 is 0. The minimum absolute atomic E-state index is 0.145. The maximum absolute atomic E-state index is 13.4. The summed E-state index contributed by atoms with van der Waals surface area (Å²) in [6, 6.07) is 23.8. The standard InChI is InChI=1S/C26H28N2O/c1-27(25(29)18-21-12-8-11-19-9-2-4-13-22(19)21)26-23-14-5-3-10-20(23)17-24(26)28-15-6-7-16-28/h2-5,8-14,24,26H,6-7,15-18H2,1H3. The maximum atomic E-state index is 13.4. The van der Waals surface area contributed by atoms with Crippen molar-refractivity contribution in [1.29, 1.82) is 0 Å². The summed E-state index contributed by atoms with van der Waals surface area (Å²) in [7, 11) is 2.00. The third-order valence-electron chi connectivity index (χ3n) is 6.81. The lowest BCUT2D eigenvalue weighted by Crippen LogP contribution is -2.44. The highest BCUT2D eigenvalue weighted by Crippen LogP contribution is 2.39. The van der Waals surface area contributed by atoms with E-state index in [0.717, 1.165) is 25.1 Å². The lowest BCUT2D eigenvalue weighted by molar-refractivity contribution is -0.132. The molecule has 3 aromatic carbocycles. The molecule has 2 unspecified atom stereocenters. The predicted molar refractivity (Wildman–Crippen MR) is 118 cm³/mol. The number of carbonyl (C=O) groups is 1. The molecular weight excluding hydrogens is 356 g/mol. The molecule has 0 aromatic heterocycles. The van der Waals surface area contributed by atoms with Gasteiger partial charge >= 0.3 is 0 Å². The fourth-order valence-electron chi connectivity index (χ4n) is 5.31. The Morgan fingerprint density at radius 1 is 0.966 bits per heavy atom. The number of fused-ring (bicyclic) bond motifs is 2. The van der Waals surface area contributed by atoms with Gasteiger partial charge in [0.25, 0.3) is 0 Å². The first kappa shape index (κ1) is 18.4. The molecule has 0 radical (unpaired) electrons. The Bertz CT molecular complexity index is 1030. The van der Waals surface area contributed by atoms with E-state index in [1.54, 1.807) is 0 Å². The minimum atomic E-state index is 0.145. The molecule has 0 spiro atoms. The number of likely N-dealkylation sites (N-methyl/N-ethyl adjacent to an activating group) is 1. The third-order valence-corrected chi connectivity index (χ3v) is 6.81. The predicted octanol–water partition coefficient (Wildman–Crippen LogP) is 4.60. The van der Waals surface area contributed by atoms with Crippen LogP contribution in [0.15, 0.2) is 66.7 Å². The van der Waals surface area contributed by atoms with Gasteiger partial charge in [0.05, 0.1) is 12.5 Å². The second-order valence-electron chi connectivity index (χ2n) is 8.48. The Kier molecular flexibility index (Phi) is 4.84. The molecule has 3 nitrogen and oxygen atoms in total. The van der Waals surface area contributed by atoms with Gasteiger partial charge in [-0.25, -0.2) is 0 Å². The molecule has 2 atom stereocenters. The van der Waals surface area contributed by atoms with Gasteiger partial charge in [-0.3, -0.25) is 9.69 Å². The van der Waals surface area contributed by atoms with E-state index in [4.69, 9.17) is 0 Å². The van der Waals surface area contributed by atoms with Gasteiger partial charge in [0.1, 0.15) is 0 Å². The molecular formula is C26H28N2O. The molecule has 1 amide bonds. The van der Waals surface area contributed by atoms with Gasteiger partial charge in [0, 0.05) is 13.1 Å². The molecule has 1 heterocycles. The summed E-state index contributed by atoms with van der Waals surface area (Å²) in [5.74, 6) is 0.201. The van der Waals surface area contributed by atoms with Crippen LogP contribution in [-0.4, -0.2) is 41.9 Å². The van der Waals surface area contributed by atoms with E-state index in [9.17, 15) is 4.79 Å². The molecule has 0 N–H and O–H groups in total. The molecule has 148 valence electrons. The van der Waals surface area contributed by atoms with Crippen LogP contribution in [0, 0.1) is 0 Å². The van der Waals surface area contributed by atoms with Gasteiger partial charge in [-0.1, -0.05) is 66.7 Å². The third kappa shape index (κ3) is 3.34. The van der Waals surface area contributed by atoms with Crippen molar-refractivity contribution in [2.24, 2.45) is 0 Å². The number of hydrogen-bond acceptors (Lipinski definition) is 2. The van der Waals surface area contributed by atoms with Gasteiger partial charge < -0.3 is 4.90 Å². The second-order valence-corrected chi connectivity index (χ2v) is 8.48. The van der Waals surface area contributed by atoms with Gasteiger partial charge in [-0.05, 0) is 59.8 Å². The normalized spacial score (nSPS) is 21.4. The fourth-order valence-corrected chi connectivity index (χ4v) is 5.31. The number of nitrogens with zero attached hydrogens (tertiary/aromatic N) is 2. The SMILES string of the molecule is CN(C(=O)Cc1cccc2ccccc12)C1c2ccccc2CC1N1CCCC1. The molecule has 0 saturated carbocycles. The van der Waals surface area contributed by atoms with E-state index < -0.39 is 0 Å². The van der Waals surface area contributed by atoms with Crippen molar-refractivity contribution in [3.63, 3.8) is 0 Å². The Morgan fingerprint density at radius 3 is 2.55 bits per heavy atom. The zero-order valence-electron chi connectivity index (χ0n) is 17.1. The molecule has 1 saturated heterocycles. The van der Waals surface area contributed by atoms with Crippen molar-refractivity contribution in [2.75, 3.05) is 20.1 Å². The van der Waals surface area contributed by atoms with E-state index in [-0.39, 0.29) is 11.9 Å². The fraction of sp³-hybridized carbons (Fsp3) is 0.346. The van der Waals surface area contributed by atoms with Crippen molar-refractivity contribution >= 4 is 16.7 Å². The molecule has 1 aliphatic carbocycles. The molecule has 1 aliphatic heterocycles. The first-order chi connectivity index (χ1) is 14.2. The largest absolute Gasteiger partial charge is 0.337 e. The van der Waals surface area contributed by atoms with Crippen LogP contribution in [0.3, 0.4) is 0 Å². The van der Waals surface area contributed by atoms with Crippen LogP contribution in [0.1, 0.15) is 35.6 Å². The van der Waals surface area contributed by atoms with E-state index in [0.29, 0.717) is 12.5 Å². The number of rotatable bonds is 4. The van der Waals surface area contributed by atoms with Gasteiger partial charge in [0.2, 0.25) is 5.91 Å². The molecule has 2 aliphatic rings. The monoisotopic (exact) mass is 384 g/mol. The van der Waals surface area contributed by atoms with E-state index in [1.807, 2.05) is 11.9 Å². The average Bonchev–Trinajstić information content (AvgIpc) is 3.41. The Labute approximate surface area is 172 Å². The number of amides is 1. The average molecular weight is 385 g/mol. The zero-order valence-corrected chi connectivity index (χ0v) is 17.1. The van der Waals surface area contributed by atoms with Gasteiger partial charge in [-0.2, -0.15) is 0 Å². The summed E-state index contributed by atoms with van der Waals surface area (Å²) in [6.07, 6.45) is 4.04. The summed E-state index contributed by atoms with van der Waals surface area (Å²) in [5.41, 5.74) is 3.85. The summed E-state index contributed by atoms with van der Waals surface area (Å²) in [6.45, 7) is 2.31. The Balaban J connectivity index is 1.44. The topological polar surface area (TPSA) is 23.6 Å². The Hall–Kier alpha value is -2.65. The zero-order chi connectivity index (χ0) is 19.8. The van der Waals surface area contributed by atoms with Crippen molar-refractivity contribution in [3.8, 4) is 0 Å². The number of benzene rings is 3. The second kappa shape index (κ2) is 7.64. The van der Waals surface area contributed by atoms with Crippen molar-refractivity contribution in [2.45, 2.75) is 37.8 Å². The molecule has 3 heteroatoms. The highest BCUT2D eigenvalue weighted by Gasteiger charge is 2.40. The van der Waals surface area contributed by atoms with Crippen LogP contribution < -0.4 is 0 Å². The van der Waals surface area contributed by atoms with Crippen LogP contribution in [0.5, 0.6) is 0 Å². The molecule has 29 heavy (non-hydrogen) atoms. The van der Waals surface area contributed by atoms with Gasteiger partial charge in [-0.15, -0.1) is 0 Å². The number of likely N-dealkylation sites (tertiary alicyclic amines) is 1.